The van der Waals surface area contributed by atoms with Crippen molar-refractivity contribution in [2.45, 2.75) is 11.8 Å². The van der Waals surface area contributed by atoms with Crippen LogP contribution in [0.3, 0.4) is 0 Å². The molecule has 2 aromatic carbocycles. The van der Waals surface area contributed by atoms with Crippen LogP contribution in [-0.4, -0.2) is 12.4 Å². The Labute approximate surface area is 126 Å². The van der Waals surface area contributed by atoms with Crippen LogP contribution in [0.4, 0.5) is 5.69 Å². The molecule has 2 rings (SSSR count). The quantitative estimate of drug-likeness (QED) is 0.495. The molecule has 0 aromatic heterocycles. The number of aryl methyl sites for hydroxylation is 1. The number of anilines is 1. The van der Waals surface area contributed by atoms with E-state index in [2.05, 4.69) is 15.9 Å². The number of hydrogen-bond donors (Lipinski definition) is 1. The lowest BCUT2D eigenvalue weighted by Gasteiger charge is -2.09. The Morgan fingerprint density at radius 1 is 1.21 bits per heavy atom. The van der Waals surface area contributed by atoms with Crippen LogP contribution in [0.2, 0.25) is 0 Å². The fourth-order valence-corrected chi connectivity index (χ4v) is 2.90. The zero-order chi connectivity index (χ0) is 13.7. The molecule has 100 valence electrons. The Morgan fingerprint density at radius 3 is 2.79 bits per heavy atom. The highest BCUT2D eigenvalue weighted by Gasteiger charge is 2.02. The van der Waals surface area contributed by atoms with Gasteiger partial charge in [0.1, 0.15) is 5.75 Å². The van der Waals surface area contributed by atoms with E-state index < -0.39 is 0 Å². The molecule has 4 heteroatoms. The van der Waals surface area contributed by atoms with Crippen LogP contribution in [-0.2, 0) is 0 Å². The van der Waals surface area contributed by atoms with Crippen molar-refractivity contribution < 1.29 is 4.74 Å². The number of benzene rings is 2. The smallest absolute Gasteiger partial charge is 0.120 e. The first-order valence-corrected chi connectivity index (χ1v) is 7.81. The molecule has 0 aliphatic rings. The lowest BCUT2D eigenvalue weighted by atomic mass is 10.2. The third kappa shape index (κ3) is 4.18. The van der Waals surface area contributed by atoms with Crippen molar-refractivity contribution in [1.29, 1.82) is 0 Å². The van der Waals surface area contributed by atoms with E-state index in [1.165, 1.54) is 0 Å². The summed E-state index contributed by atoms with van der Waals surface area (Å²) < 4.78 is 6.72. The van der Waals surface area contributed by atoms with Crippen molar-refractivity contribution in [1.82, 2.24) is 0 Å². The second-order valence-corrected chi connectivity index (χ2v) is 6.19. The van der Waals surface area contributed by atoms with Gasteiger partial charge in [-0.1, -0.05) is 34.1 Å². The second-order valence-electron chi connectivity index (χ2n) is 4.14. The van der Waals surface area contributed by atoms with Gasteiger partial charge in [0.25, 0.3) is 0 Å². The van der Waals surface area contributed by atoms with E-state index in [0.717, 1.165) is 32.1 Å². The summed E-state index contributed by atoms with van der Waals surface area (Å²) in [7, 11) is 0. The molecule has 2 aromatic rings. The zero-order valence-electron chi connectivity index (χ0n) is 10.7. The molecule has 0 heterocycles. The highest BCUT2D eigenvalue weighted by molar-refractivity contribution is 9.10. The zero-order valence-corrected chi connectivity index (χ0v) is 13.1. The van der Waals surface area contributed by atoms with Gasteiger partial charge >= 0.3 is 0 Å². The molecular formula is C15H16BrNOS. The predicted octanol–water partition coefficient (Wildman–Crippen LogP) is 4.51. The maximum Gasteiger partial charge on any atom is 0.120 e. The highest BCUT2D eigenvalue weighted by Crippen LogP contribution is 2.27. The largest absolute Gasteiger partial charge is 0.493 e. The van der Waals surface area contributed by atoms with Crippen molar-refractivity contribution in [2.75, 3.05) is 18.1 Å². The maximum atomic E-state index is 6.03. The molecule has 0 saturated heterocycles. The number of hydrogen-bond acceptors (Lipinski definition) is 3. The van der Waals surface area contributed by atoms with Crippen LogP contribution in [0.15, 0.2) is 51.8 Å². The lowest BCUT2D eigenvalue weighted by molar-refractivity contribution is 0.344. The van der Waals surface area contributed by atoms with Gasteiger partial charge < -0.3 is 10.5 Å². The summed E-state index contributed by atoms with van der Waals surface area (Å²) in [4.78, 5) is 1.12. The molecule has 2 nitrogen and oxygen atoms in total. The van der Waals surface area contributed by atoms with Crippen molar-refractivity contribution in [3.05, 3.63) is 52.5 Å². The number of thioether (sulfide) groups is 1. The van der Waals surface area contributed by atoms with E-state index >= 15 is 0 Å². The minimum atomic E-state index is 0.661. The van der Waals surface area contributed by atoms with Crippen molar-refractivity contribution in [3.8, 4) is 5.75 Å². The SMILES string of the molecule is Cc1cccc(SCCOc2cccc(Br)c2)c1N. The van der Waals surface area contributed by atoms with E-state index in [-0.39, 0.29) is 0 Å². The minimum Gasteiger partial charge on any atom is -0.493 e. The fourth-order valence-electron chi connectivity index (χ4n) is 1.65. The molecular weight excluding hydrogens is 322 g/mol. The van der Waals surface area contributed by atoms with Crippen LogP contribution < -0.4 is 10.5 Å². The molecule has 0 aliphatic carbocycles. The summed E-state index contributed by atoms with van der Waals surface area (Å²) in [6, 6.07) is 14.0. The Hall–Kier alpha value is -1.13. The summed E-state index contributed by atoms with van der Waals surface area (Å²) in [5.41, 5.74) is 8.02. The van der Waals surface area contributed by atoms with Crippen molar-refractivity contribution in [3.63, 3.8) is 0 Å². The van der Waals surface area contributed by atoms with Crippen LogP contribution in [0, 0.1) is 6.92 Å². The van der Waals surface area contributed by atoms with Gasteiger partial charge in [-0.3, -0.25) is 0 Å². The van der Waals surface area contributed by atoms with E-state index in [1.807, 2.05) is 49.4 Å². The lowest BCUT2D eigenvalue weighted by Crippen LogP contribution is -2.01. The van der Waals surface area contributed by atoms with Crippen LogP contribution in [0.25, 0.3) is 0 Å². The van der Waals surface area contributed by atoms with Crippen LogP contribution in [0.5, 0.6) is 5.75 Å². The first-order valence-electron chi connectivity index (χ1n) is 6.03. The Kier molecular flexibility index (Phi) is 5.16. The highest BCUT2D eigenvalue weighted by atomic mass is 79.9. The summed E-state index contributed by atoms with van der Waals surface area (Å²) in [6.45, 7) is 2.69. The Bertz CT molecular complexity index is 560. The number of rotatable bonds is 5. The monoisotopic (exact) mass is 337 g/mol. The van der Waals surface area contributed by atoms with Gasteiger partial charge in [-0.15, -0.1) is 11.8 Å². The summed E-state index contributed by atoms with van der Waals surface area (Å²) in [5, 5.41) is 0. The van der Waals surface area contributed by atoms with Crippen LogP contribution >= 0.6 is 27.7 Å². The van der Waals surface area contributed by atoms with Gasteiger partial charge in [0.2, 0.25) is 0 Å². The molecule has 0 bridgehead atoms. The molecule has 0 atom stereocenters. The van der Waals surface area contributed by atoms with Crippen molar-refractivity contribution in [2.24, 2.45) is 0 Å². The molecule has 0 saturated carbocycles. The van der Waals surface area contributed by atoms with Gasteiger partial charge in [0.15, 0.2) is 0 Å². The van der Waals surface area contributed by atoms with Gasteiger partial charge in [0, 0.05) is 20.8 Å². The topological polar surface area (TPSA) is 35.2 Å². The average molecular weight is 338 g/mol. The van der Waals surface area contributed by atoms with E-state index in [9.17, 15) is 0 Å². The van der Waals surface area contributed by atoms with E-state index in [4.69, 9.17) is 10.5 Å². The third-order valence-electron chi connectivity index (χ3n) is 2.69. The summed E-state index contributed by atoms with van der Waals surface area (Å²) in [6.07, 6.45) is 0. The number of para-hydroxylation sites is 1. The third-order valence-corrected chi connectivity index (χ3v) is 4.22. The van der Waals surface area contributed by atoms with Gasteiger partial charge in [-0.25, -0.2) is 0 Å². The Balaban J connectivity index is 1.82. The number of halogens is 1. The Morgan fingerprint density at radius 2 is 2.00 bits per heavy atom. The first kappa shape index (κ1) is 14.3. The van der Waals surface area contributed by atoms with Gasteiger partial charge in [0.05, 0.1) is 6.61 Å². The average Bonchev–Trinajstić information content (AvgIpc) is 2.39. The van der Waals surface area contributed by atoms with E-state index in [1.54, 1.807) is 11.8 Å². The molecule has 19 heavy (non-hydrogen) atoms. The molecule has 0 spiro atoms. The summed E-state index contributed by atoms with van der Waals surface area (Å²) in [5.74, 6) is 1.76. The van der Waals surface area contributed by atoms with Crippen LogP contribution in [0.1, 0.15) is 5.56 Å². The standard InChI is InChI=1S/C15H16BrNOS/c1-11-4-2-7-14(15(11)17)19-9-8-18-13-6-3-5-12(16)10-13/h2-7,10H,8-9,17H2,1H3. The molecule has 0 aliphatic heterocycles. The molecule has 0 radical (unpaired) electrons. The number of nitrogens with two attached hydrogens (primary N) is 1. The number of nitrogen functional groups attached to an aromatic ring is 1. The summed E-state index contributed by atoms with van der Waals surface area (Å²) >= 11 is 5.15. The molecule has 0 amide bonds. The molecule has 2 N–H and O–H groups in total. The minimum absolute atomic E-state index is 0.661. The number of ether oxygens (including phenoxy) is 1. The van der Waals surface area contributed by atoms with Gasteiger partial charge in [-0.2, -0.15) is 0 Å². The van der Waals surface area contributed by atoms with Gasteiger partial charge in [-0.05, 0) is 36.8 Å². The second kappa shape index (κ2) is 6.87. The van der Waals surface area contributed by atoms with Crippen molar-refractivity contribution >= 4 is 33.4 Å². The normalized spacial score (nSPS) is 10.4. The molecule has 0 unspecified atom stereocenters. The fraction of sp³-hybridized carbons (Fsp3) is 0.200. The maximum absolute atomic E-state index is 6.03. The predicted molar refractivity (Wildman–Crippen MR) is 86.0 cm³/mol. The van der Waals surface area contributed by atoms with E-state index in [0.29, 0.717) is 6.61 Å². The first-order chi connectivity index (χ1) is 9.16. The molecule has 0 fully saturated rings.